The lowest BCUT2D eigenvalue weighted by molar-refractivity contribution is -0.121. The SMILES string of the molecule is C[C@H](NC(=O)c1ccccc1NC(=O)C1CCN(Cc2ccccc2Cl)CC1)c1ccccc1. The zero-order valence-electron chi connectivity index (χ0n) is 19.3. The van der Waals surface area contributed by atoms with E-state index in [0.29, 0.717) is 11.3 Å². The molecule has 5 nitrogen and oxygen atoms in total. The third kappa shape index (κ3) is 6.04. The first-order valence-electron chi connectivity index (χ1n) is 11.7. The third-order valence-corrected chi connectivity index (χ3v) is 6.76. The van der Waals surface area contributed by atoms with E-state index in [-0.39, 0.29) is 23.8 Å². The lowest BCUT2D eigenvalue weighted by Crippen LogP contribution is -2.38. The van der Waals surface area contributed by atoms with Crippen LogP contribution in [0.2, 0.25) is 5.02 Å². The van der Waals surface area contributed by atoms with Crippen LogP contribution in [0.3, 0.4) is 0 Å². The fraction of sp³-hybridized carbons (Fsp3) is 0.286. The van der Waals surface area contributed by atoms with E-state index in [2.05, 4.69) is 15.5 Å². The zero-order chi connectivity index (χ0) is 23.9. The van der Waals surface area contributed by atoms with Gasteiger partial charge in [0.2, 0.25) is 5.91 Å². The molecule has 176 valence electrons. The first-order valence-corrected chi connectivity index (χ1v) is 12.1. The van der Waals surface area contributed by atoms with Crippen molar-refractivity contribution in [3.63, 3.8) is 0 Å². The van der Waals surface area contributed by atoms with E-state index in [0.717, 1.165) is 48.6 Å². The van der Waals surface area contributed by atoms with Gasteiger partial charge in [-0.25, -0.2) is 0 Å². The van der Waals surface area contributed by atoms with Gasteiger partial charge in [0.05, 0.1) is 17.3 Å². The molecule has 1 heterocycles. The summed E-state index contributed by atoms with van der Waals surface area (Å²) < 4.78 is 0. The van der Waals surface area contributed by atoms with Gasteiger partial charge in [-0.3, -0.25) is 14.5 Å². The Balaban J connectivity index is 1.34. The van der Waals surface area contributed by atoms with Crippen LogP contribution in [-0.4, -0.2) is 29.8 Å². The largest absolute Gasteiger partial charge is 0.345 e. The Morgan fingerprint density at radius 3 is 2.32 bits per heavy atom. The van der Waals surface area contributed by atoms with Gasteiger partial charge in [0.1, 0.15) is 0 Å². The first-order chi connectivity index (χ1) is 16.5. The summed E-state index contributed by atoms with van der Waals surface area (Å²) in [7, 11) is 0. The highest BCUT2D eigenvalue weighted by atomic mass is 35.5. The molecule has 1 saturated heterocycles. The predicted octanol–water partition coefficient (Wildman–Crippen LogP) is 5.68. The van der Waals surface area contributed by atoms with Crippen LogP contribution in [0.4, 0.5) is 5.69 Å². The molecule has 0 bridgehead atoms. The fourth-order valence-corrected chi connectivity index (χ4v) is 4.54. The van der Waals surface area contributed by atoms with Crippen LogP contribution in [0.25, 0.3) is 0 Å². The highest BCUT2D eigenvalue weighted by molar-refractivity contribution is 6.31. The van der Waals surface area contributed by atoms with Gasteiger partial charge in [-0.15, -0.1) is 0 Å². The standard InChI is InChI=1S/C28H30ClN3O2/c1-20(21-9-3-2-4-10-21)30-28(34)24-12-6-8-14-26(24)31-27(33)22-15-17-32(18-16-22)19-23-11-5-7-13-25(23)29/h2-14,20,22H,15-19H2,1H3,(H,30,34)(H,31,33)/t20-/m0/s1. The van der Waals surface area contributed by atoms with Gasteiger partial charge in [0.25, 0.3) is 5.91 Å². The van der Waals surface area contributed by atoms with Crippen molar-refractivity contribution >= 4 is 29.1 Å². The molecule has 0 spiro atoms. The van der Waals surface area contributed by atoms with Crippen LogP contribution in [0, 0.1) is 5.92 Å². The van der Waals surface area contributed by atoms with E-state index in [9.17, 15) is 9.59 Å². The van der Waals surface area contributed by atoms with Crippen molar-refractivity contribution in [1.82, 2.24) is 10.2 Å². The number of halogens is 1. The molecule has 0 aromatic heterocycles. The molecule has 6 heteroatoms. The van der Waals surface area contributed by atoms with Gasteiger partial charge >= 0.3 is 0 Å². The lowest BCUT2D eigenvalue weighted by atomic mass is 9.95. The Kier molecular flexibility index (Phi) is 7.99. The molecule has 2 amide bonds. The van der Waals surface area contributed by atoms with Crippen molar-refractivity contribution < 1.29 is 9.59 Å². The minimum atomic E-state index is -0.207. The van der Waals surface area contributed by atoms with Crippen molar-refractivity contribution in [2.45, 2.75) is 32.4 Å². The molecule has 0 saturated carbocycles. The number of rotatable bonds is 7. The van der Waals surface area contributed by atoms with E-state index in [1.165, 1.54) is 0 Å². The molecule has 3 aromatic carbocycles. The maximum Gasteiger partial charge on any atom is 0.253 e. The number of amides is 2. The molecule has 1 aliphatic heterocycles. The zero-order valence-corrected chi connectivity index (χ0v) is 20.1. The first kappa shape index (κ1) is 24.0. The number of hydrogen-bond acceptors (Lipinski definition) is 3. The van der Waals surface area contributed by atoms with E-state index in [1.54, 1.807) is 12.1 Å². The van der Waals surface area contributed by atoms with E-state index in [1.807, 2.05) is 73.7 Å². The van der Waals surface area contributed by atoms with Crippen LogP contribution in [-0.2, 0) is 11.3 Å². The number of benzene rings is 3. The molecule has 2 N–H and O–H groups in total. The average Bonchev–Trinajstić information content (AvgIpc) is 2.86. The van der Waals surface area contributed by atoms with Crippen molar-refractivity contribution in [2.75, 3.05) is 18.4 Å². The molecule has 4 rings (SSSR count). The van der Waals surface area contributed by atoms with Crippen molar-refractivity contribution in [3.05, 3.63) is 101 Å². The summed E-state index contributed by atoms with van der Waals surface area (Å²) in [5.41, 5.74) is 3.15. The topological polar surface area (TPSA) is 61.4 Å². The van der Waals surface area contributed by atoms with Gasteiger partial charge in [0, 0.05) is 17.5 Å². The Bertz CT molecular complexity index is 1130. The molecule has 1 aliphatic rings. The van der Waals surface area contributed by atoms with Crippen LogP contribution in [0.15, 0.2) is 78.9 Å². The second-order valence-corrected chi connectivity index (χ2v) is 9.19. The molecule has 34 heavy (non-hydrogen) atoms. The van der Waals surface area contributed by atoms with Gasteiger partial charge in [-0.1, -0.05) is 72.3 Å². The summed E-state index contributed by atoms with van der Waals surface area (Å²) in [6.07, 6.45) is 1.55. The molecule has 0 unspecified atom stereocenters. The number of carbonyl (C=O) groups excluding carboxylic acids is 2. The summed E-state index contributed by atoms with van der Waals surface area (Å²) in [6, 6.07) is 24.7. The summed E-state index contributed by atoms with van der Waals surface area (Å²) >= 11 is 6.30. The normalized spacial score (nSPS) is 15.5. The minimum absolute atomic E-state index is 0.0336. The third-order valence-electron chi connectivity index (χ3n) is 6.39. The van der Waals surface area contributed by atoms with Crippen LogP contribution < -0.4 is 10.6 Å². The molecule has 3 aromatic rings. The Morgan fingerprint density at radius 1 is 0.941 bits per heavy atom. The van der Waals surface area contributed by atoms with Crippen molar-refractivity contribution in [1.29, 1.82) is 0 Å². The van der Waals surface area contributed by atoms with Gasteiger partial charge in [0.15, 0.2) is 0 Å². The number of carbonyl (C=O) groups is 2. The second kappa shape index (κ2) is 11.3. The van der Waals surface area contributed by atoms with Crippen molar-refractivity contribution in [2.24, 2.45) is 5.92 Å². The molecule has 0 aliphatic carbocycles. The number of anilines is 1. The van der Waals surface area contributed by atoms with Crippen LogP contribution >= 0.6 is 11.6 Å². The Labute approximate surface area is 206 Å². The maximum absolute atomic E-state index is 13.0. The number of piperidine rings is 1. The van der Waals surface area contributed by atoms with Gasteiger partial charge in [-0.2, -0.15) is 0 Å². The molecule has 1 fully saturated rings. The number of likely N-dealkylation sites (tertiary alicyclic amines) is 1. The summed E-state index contributed by atoms with van der Waals surface area (Å²) in [4.78, 5) is 28.3. The molecule has 1 atom stereocenters. The van der Waals surface area contributed by atoms with E-state index < -0.39 is 0 Å². The predicted molar refractivity (Wildman–Crippen MR) is 137 cm³/mol. The van der Waals surface area contributed by atoms with E-state index >= 15 is 0 Å². The highest BCUT2D eigenvalue weighted by Crippen LogP contribution is 2.25. The quantitative estimate of drug-likeness (QED) is 0.462. The smallest absolute Gasteiger partial charge is 0.253 e. The summed E-state index contributed by atoms with van der Waals surface area (Å²) in [6.45, 7) is 4.40. The summed E-state index contributed by atoms with van der Waals surface area (Å²) in [5, 5.41) is 6.82. The van der Waals surface area contributed by atoms with Crippen LogP contribution in [0.5, 0.6) is 0 Å². The Morgan fingerprint density at radius 2 is 1.59 bits per heavy atom. The highest BCUT2D eigenvalue weighted by Gasteiger charge is 2.26. The maximum atomic E-state index is 13.0. The molecular weight excluding hydrogens is 446 g/mol. The van der Waals surface area contributed by atoms with E-state index in [4.69, 9.17) is 11.6 Å². The van der Waals surface area contributed by atoms with Crippen molar-refractivity contribution in [3.8, 4) is 0 Å². The Hall–Kier alpha value is -3.15. The fourth-order valence-electron chi connectivity index (χ4n) is 4.35. The molecular formula is C28H30ClN3O2. The lowest BCUT2D eigenvalue weighted by Gasteiger charge is -2.31. The second-order valence-electron chi connectivity index (χ2n) is 8.78. The average molecular weight is 476 g/mol. The monoisotopic (exact) mass is 475 g/mol. The number of nitrogens with one attached hydrogen (secondary N) is 2. The van der Waals surface area contributed by atoms with Gasteiger partial charge < -0.3 is 10.6 Å². The number of hydrogen-bond donors (Lipinski definition) is 2. The minimum Gasteiger partial charge on any atom is -0.345 e. The molecule has 0 radical (unpaired) electrons. The van der Waals surface area contributed by atoms with Crippen LogP contribution in [0.1, 0.15) is 47.3 Å². The number of para-hydroxylation sites is 1. The van der Waals surface area contributed by atoms with Gasteiger partial charge in [-0.05, 0) is 62.2 Å². The number of nitrogens with zero attached hydrogens (tertiary/aromatic N) is 1. The summed E-state index contributed by atoms with van der Waals surface area (Å²) in [5.74, 6) is -0.322.